The number of ketones is 1. The van der Waals surface area contributed by atoms with E-state index in [0.717, 1.165) is 43.6 Å². The Morgan fingerprint density at radius 3 is 2.35 bits per heavy atom. The summed E-state index contributed by atoms with van der Waals surface area (Å²) in [6, 6.07) is 3.83. The molecular formula is C16H21NO2S. The van der Waals surface area contributed by atoms with E-state index >= 15 is 0 Å². The zero-order chi connectivity index (χ0) is 13.9. The second-order valence-electron chi connectivity index (χ2n) is 5.92. The number of likely N-dealkylation sites (tertiary alicyclic amines) is 1. The largest absolute Gasteiger partial charge is 0.342 e. The molecule has 1 aromatic rings. The van der Waals surface area contributed by atoms with E-state index < -0.39 is 0 Å². The molecule has 0 radical (unpaired) electrons. The molecular weight excluding hydrogens is 270 g/mol. The van der Waals surface area contributed by atoms with Crippen LogP contribution in [0.15, 0.2) is 17.5 Å². The Balaban J connectivity index is 1.54. The molecule has 0 atom stereocenters. The highest BCUT2D eigenvalue weighted by atomic mass is 32.1. The zero-order valence-corrected chi connectivity index (χ0v) is 12.5. The quantitative estimate of drug-likeness (QED) is 0.801. The Labute approximate surface area is 124 Å². The molecule has 3 nitrogen and oxygen atoms in total. The average Bonchev–Trinajstić information content (AvgIpc) is 3.18. The molecule has 1 aromatic heterocycles. The smallest absolute Gasteiger partial charge is 0.225 e. The van der Waals surface area contributed by atoms with E-state index in [-0.39, 0.29) is 17.6 Å². The van der Waals surface area contributed by atoms with Crippen LogP contribution in [-0.4, -0.2) is 29.7 Å². The fourth-order valence-electron chi connectivity index (χ4n) is 3.41. The summed E-state index contributed by atoms with van der Waals surface area (Å²) in [7, 11) is 0. The normalized spacial score (nSPS) is 21.3. The first-order valence-electron chi connectivity index (χ1n) is 7.62. The third kappa shape index (κ3) is 2.80. The number of thiophene rings is 1. The van der Waals surface area contributed by atoms with Gasteiger partial charge in [-0.2, -0.15) is 0 Å². The van der Waals surface area contributed by atoms with Crippen LogP contribution in [0.1, 0.15) is 48.2 Å². The van der Waals surface area contributed by atoms with Crippen molar-refractivity contribution in [1.29, 1.82) is 0 Å². The van der Waals surface area contributed by atoms with Gasteiger partial charge in [0.25, 0.3) is 0 Å². The predicted molar refractivity (Wildman–Crippen MR) is 79.9 cm³/mol. The minimum absolute atomic E-state index is 0.112. The molecule has 0 aromatic carbocycles. The van der Waals surface area contributed by atoms with Crippen LogP contribution in [0, 0.1) is 11.8 Å². The number of piperidine rings is 1. The van der Waals surface area contributed by atoms with Crippen LogP contribution in [0.5, 0.6) is 0 Å². The topological polar surface area (TPSA) is 37.4 Å². The number of Topliss-reactive ketones (excluding diaryl/α,β-unsaturated/α-hetero) is 1. The molecule has 108 valence electrons. The second-order valence-corrected chi connectivity index (χ2v) is 6.87. The van der Waals surface area contributed by atoms with E-state index in [2.05, 4.69) is 0 Å². The third-order valence-electron chi connectivity index (χ3n) is 4.65. The standard InChI is InChI=1S/C16H21NO2S/c18-15(14-6-3-11-20-14)12-7-9-17(10-8-12)16(19)13-4-1-2-5-13/h3,6,11-13H,1-2,4-5,7-10H2. The van der Waals surface area contributed by atoms with Crippen LogP contribution < -0.4 is 0 Å². The summed E-state index contributed by atoms with van der Waals surface area (Å²) in [5.74, 6) is 0.985. The third-order valence-corrected chi connectivity index (χ3v) is 5.53. The highest BCUT2D eigenvalue weighted by Crippen LogP contribution is 2.29. The van der Waals surface area contributed by atoms with Crippen LogP contribution in [0.2, 0.25) is 0 Å². The van der Waals surface area contributed by atoms with Gasteiger partial charge in [-0.3, -0.25) is 9.59 Å². The highest BCUT2D eigenvalue weighted by molar-refractivity contribution is 7.12. The molecule has 0 bridgehead atoms. The van der Waals surface area contributed by atoms with Gasteiger partial charge in [0.1, 0.15) is 0 Å². The van der Waals surface area contributed by atoms with E-state index in [1.54, 1.807) is 0 Å². The molecule has 3 rings (SSSR count). The van der Waals surface area contributed by atoms with Gasteiger partial charge < -0.3 is 4.90 Å². The van der Waals surface area contributed by atoms with Crippen LogP contribution >= 0.6 is 11.3 Å². The average molecular weight is 291 g/mol. The second kappa shape index (κ2) is 6.08. The van der Waals surface area contributed by atoms with Gasteiger partial charge in [0, 0.05) is 24.9 Å². The first-order valence-corrected chi connectivity index (χ1v) is 8.50. The van der Waals surface area contributed by atoms with E-state index in [4.69, 9.17) is 0 Å². The van der Waals surface area contributed by atoms with Crippen molar-refractivity contribution >= 4 is 23.0 Å². The lowest BCUT2D eigenvalue weighted by Gasteiger charge is -2.32. The summed E-state index contributed by atoms with van der Waals surface area (Å²) in [6.07, 6.45) is 6.18. The molecule has 2 aliphatic rings. The molecule has 1 saturated heterocycles. The van der Waals surface area contributed by atoms with E-state index in [1.807, 2.05) is 22.4 Å². The molecule has 2 fully saturated rings. The van der Waals surface area contributed by atoms with Crippen molar-refractivity contribution in [2.24, 2.45) is 11.8 Å². The molecule has 2 heterocycles. The summed E-state index contributed by atoms with van der Waals surface area (Å²) in [5.41, 5.74) is 0. The lowest BCUT2D eigenvalue weighted by atomic mass is 9.91. The molecule has 1 saturated carbocycles. The minimum atomic E-state index is 0.112. The van der Waals surface area contributed by atoms with E-state index in [9.17, 15) is 9.59 Å². The molecule has 20 heavy (non-hydrogen) atoms. The van der Waals surface area contributed by atoms with Gasteiger partial charge in [-0.15, -0.1) is 11.3 Å². The summed E-state index contributed by atoms with van der Waals surface area (Å²) in [4.78, 5) is 27.5. The van der Waals surface area contributed by atoms with Crippen LogP contribution in [0.4, 0.5) is 0 Å². The van der Waals surface area contributed by atoms with Crippen molar-refractivity contribution in [1.82, 2.24) is 4.90 Å². The van der Waals surface area contributed by atoms with E-state index in [1.165, 1.54) is 24.2 Å². The molecule has 0 N–H and O–H groups in total. The summed E-state index contributed by atoms with van der Waals surface area (Å²) < 4.78 is 0. The number of hydrogen-bond donors (Lipinski definition) is 0. The first kappa shape index (κ1) is 13.8. The molecule has 4 heteroatoms. The summed E-state index contributed by atoms with van der Waals surface area (Å²) >= 11 is 1.52. The van der Waals surface area contributed by atoms with Crippen LogP contribution in [0.3, 0.4) is 0 Å². The lowest BCUT2D eigenvalue weighted by Crippen LogP contribution is -2.42. The Kier molecular flexibility index (Phi) is 4.20. The Morgan fingerprint density at radius 2 is 1.75 bits per heavy atom. The van der Waals surface area contributed by atoms with Crippen molar-refractivity contribution in [3.63, 3.8) is 0 Å². The molecule has 1 aliphatic carbocycles. The predicted octanol–water partition coefficient (Wildman–Crippen LogP) is 3.36. The summed E-state index contributed by atoms with van der Waals surface area (Å²) in [6.45, 7) is 1.52. The highest BCUT2D eigenvalue weighted by Gasteiger charge is 2.32. The SMILES string of the molecule is O=C(c1cccs1)C1CCN(C(=O)C2CCCC2)CC1. The molecule has 0 unspecified atom stereocenters. The Hall–Kier alpha value is -1.16. The fraction of sp³-hybridized carbons (Fsp3) is 0.625. The lowest BCUT2D eigenvalue weighted by molar-refractivity contribution is -0.136. The van der Waals surface area contributed by atoms with Crippen LogP contribution in [-0.2, 0) is 4.79 Å². The molecule has 1 amide bonds. The van der Waals surface area contributed by atoms with Gasteiger partial charge in [-0.1, -0.05) is 18.9 Å². The molecule has 1 aliphatic heterocycles. The van der Waals surface area contributed by atoms with Gasteiger partial charge in [-0.25, -0.2) is 0 Å². The number of nitrogens with zero attached hydrogens (tertiary/aromatic N) is 1. The maximum Gasteiger partial charge on any atom is 0.225 e. The van der Waals surface area contributed by atoms with Crippen molar-refractivity contribution in [2.75, 3.05) is 13.1 Å². The zero-order valence-electron chi connectivity index (χ0n) is 11.7. The Morgan fingerprint density at radius 1 is 1.05 bits per heavy atom. The van der Waals surface area contributed by atoms with Gasteiger partial charge in [0.15, 0.2) is 5.78 Å². The van der Waals surface area contributed by atoms with Crippen LogP contribution in [0.25, 0.3) is 0 Å². The summed E-state index contributed by atoms with van der Waals surface area (Å²) in [5, 5.41) is 1.95. The van der Waals surface area contributed by atoms with Gasteiger partial charge in [0.2, 0.25) is 5.91 Å². The van der Waals surface area contributed by atoms with Gasteiger partial charge in [0.05, 0.1) is 4.88 Å². The van der Waals surface area contributed by atoms with E-state index in [0.29, 0.717) is 5.91 Å². The fourth-order valence-corrected chi connectivity index (χ4v) is 4.16. The van der Waals surface area contributed by atoms with Crippen molar-refractivity contribution < 1.29 is 9.59 Å². The monoisotopic (exact) mass is 291 g/mol. The molecule has 0 spiro atoms. The first-order chi connectivity index (χ1) is 9.75. The maximum atomic E-state index is 12.3. The van der Waals surface area contributed by atoms with Crippen molar-refractivity contribution in [3.05, 3.63) is 22.4 Å². The minimum Gasteiger partial charge on any atom is -0.342 e. The van der Waals surface area contributed by atoms with Crippen molar-refractivity contribution in [3.8, 4) is 0 Å². The number of carbonyl (C=O) groups is 2. The van der Waals surface area contributed by atoms with Crippen molar-refractivity contribution in [2.45, 2.75) is 38.5 Å². The number of rotatable bonds is 3. The number of amides is 1. The maximum absolute atomic E-state index is 12.3. The van der Waals surface area contributed by atoms with Gasteiger partial charge >= 0.3 is 0 Å². The number of carbonyl (C=O) groups excluding carboxylic acids is 2. The Bertz CT molecular complexity index is 469. The number of hydrogen-bond acceptors (Lipinski definition) is 3. The van der Waals surface area contributed by atoms with Gasteiger partial charge in [-0.05, 0) is 37.1 Å².